The van der Waals surface area contributed by atoms with Crippen LogP contribution in [-0.4, -0.2) is 35.2 Å². The summed E-state index contributed by atoms with van der Waals surface area (Å²) in [6.45, 7) is 1.91. The lowest BCUT2D eigenvalue weighted by atomic mass is 10.1. The molecular formula is C15H13FN8. The van der Waals surface area contributed by atoms with Gasteiger partial charge < -0.3 is 5.32 Å². The molecule has 0 bridgehead atoms. The average Bonchev–Trinajstić information content (AvgIpc) is 3.27. The van der Waals surface area contributed by atoms with Gasteiger partial charge >= 0.3 is 0 Å². The molecule has 0 amide bonds. The Kier molecular flexibility index (Phi) is 3.38. The summed E-state index contributed by atoms with van der Waals surface area (Å²) in [5.74, 6) is 0.977. The largest absolute Gasteiger partial charge is 0.360 e. The Morgan fingerprint density at radius 1 is 1.21 bits per heavy atom. The third kappa shape index (κ3) is 2.56. The Morgan fingerprint density at radius 2 is 2.04 bits per heavy atom. The summed E-state index contributed by atoms with van der Waals surface area (Å²) in [6.07, 6.45) is 1.67. The van der Waals surface area contributed by atoms with Crippen LogP contribution in [0.1, 0.15) is 18.8 Å². The number of aromatic nitrogens is 7. The summed E-state index contributed by atoms with van der Waals surface area (Å²) in [5, 5.41) is 21.5. The number of halogens is 1. The smallest absolute Gasteiger partial charge is 0.196 e. The van der Waals surface area contributed by atoms with E-state index in [9.17, 15) is 4.39 Å². The first-order chi connectivity index (χ1) is 11.7. The molecule has 3 aromatic heterocycles. The molecule has 9 heteroatoms. The second-order valence-corrected chi connectivity index (χ2v) is 5.27. The third-order valence-electron chi connectivity index (χ3n) is 3.61. The van der Waals surface area contributed by atoms with Crippen LogP contribution in [0.25, 0.3) is 16.9 Å². The molecule has 1 aromatic carbocycles. The molecular weight excluding hydrogens is 311 g/mol. The molecule has 4 rings (SSSR count). The number of tetrazole rings is 1. The predicted molar refractivity (Wildman–Crippen MR) is 84.6 cm³/mol. The van der Waals surface area contributed by atoms with Gasteiger partial charge in [0, 0.05) is 17.7 Å². The number of aromatic amines is 1. The van der Waals surface area contributed by atoms with Gasteiger partial charge in [-0.25, -0.2) is 9.37 Å². The molecule has 4 aromatic rings. The van der Waals surface area contributed by atoms with E-state index in [4.69, 9.17) is 0 Å². The van der Waals surface area contributed by atoms with Gasteiger partial charge in [0.1, 0.15) is 11.6 Å². The summed E-state index contributed by atoms with van der Waals surface area (Å²) in [6, 6.07) is 9.67. The van der Waals surface area contributed by atoms with Crippen LogP contribution in [-0.2, 0) is 0 Å². The molecule has 1 atom stereocenters. The first-order valence-electron chi connectivity index (χ1n) is 7.31. The van der Waals surface area contributed by atoms with E-state index in [2.05, 4.69) is 36.0 Å². The van der Waals surface area contributed by atoms with Gasteiger partial charge in [0.2, 0.25) is 0 Å². The Labute approximate surface area is 135 Å². The Morgan fingerprint density at radius 3 is 2.79 bits per heavy atom. The van der Waals surface area contributed by atoms with Crippen molar-refractivity contribution in [3.63, 3.8) is 0 Å². The minimum absolute atomic E-state index is 0.181. The van der Waals surface area contributed by atoms with Crippen molar-refractivity contribution in [3.05, 3.63) is 54.2 Å². The lowest BCUT2D eigenvalue weighted by molar-refractivity contribution is 0.628. The highest BCUT2D eigenvalue weighted by Crippen LogP contribution is 2.24. The highest BCUT2D eigenvalue weighted by molar-refractivity contribution is 5.66. The zero-order valence-electron chi connectivity index (χ0n) is 12.7. The maximum absolute atomic E-state index is 13.1. The van der Waals surface area contributed by atoms with Crippen LogP contribution >= 0.6 is 0 Å². The van der Waals surface area contributed by atoms with Crippen LogP contribution in [0.5, 0.6) is 0 Å². The molecule has 3 heterocycles. The van der Waals surface area contributed by atoms with Gasteiger partial charge in [-0.1, -0.05) is 5.21 Å². The molecule has 0 saturated heterocycles. The standard InChI is InChI=1S/C15H13FN8/c1-9(15-20-22-23-21-15)18-14-8-12(10-2-4-11(16)5-3-10)19-13-6-7-17-24(13)14/h2-9,18H,1H3,(H,20,21,22,23)/t9-/m0/s1. The van der Waals surface area contributed by atoms with E-state index in [0.29, 0.717) is 17.2 Å². The Hall–Kier alpha value is -3.36. The molecule has 2 N–H and O–H groups in total. The van der Waals surface area contributed by atoms with Crippen molar-refractivity contribution in [2.24, 2.45) is 0 Å². The summed E-state index contributed by atoms with van der Waals surface area (Å²) in [4.78, 5) is 4.55. The summed E-state index contributed by atoms with van der Waals surface area (Å²) >= 11 is 0. The zero-order chi connectivity index (χ0) is 16.5. The normalized spacial score (nSPS) is 12.4. The maximum atomic E-state index is 13.1. The van der Waals surface area contributed by atoms with Crippen molar-refractivity contribution < 1.29 is 4.39 Å². The van der Waals surface area contributed by atoms with Crippen LogP contribution < -0.4 is 5.32 Å². The minimum Gasteiger partial charge on any atom is -0.360 e. The van der Waals surface area contributed by atoms with Crippen LogP contribution in [0.2, 0.25) is 0 Å². The van der Waals surface area contributed by atoms with Gasteiger partial charge in [-0.05, 0) is 31.2 Å². The third-order valence-corrected chi connectivity index (χ3v) is 3.61. The van der Waals surface area contributed by atoms with E-state index in [-0.39, 0.29) is 11.9 Å². The Bertz CT molecular complexity index is 961. The highest BCUT2D eigenvalue weighted by atomic mass is 19.1. The van der Waals surface area contributed by atoms with Gasteiger partial charge in [0.15, 0.2) is 11.5 Å². The number of hydrogen-bond donors (Lipinski definition) is 2. The van der Waals surface area contributed by atoms with E-state index in [0.717, 1.165) is 11.4 Å². The van der Waals surface area contributed by atoms with Gasteiger partial charge in [-0.2, -0.15) is 14.8 Å². The van der Waals surface area contributed by atoms with Gasteiger partial charge in [-0.15, -0.1) is 10.2 Å². The molecule has 0 saturated carbocycles. The highest BCUT2D eigenvalue weighted by Gasteiger charge is 2.14. The lowest BCUT2D eigenvalue weighted by Crippen LogP contribution is -2.12. The molecule has 24 heavy (non-hydrogen) atoms. The number of H-pyrrole nitrogens is 1. The van der Waals surface area contributed by atoms with Gasteiger partial charge in [-0.3, -0.25) is 0 Å². The van der Waals surface area contributed by atoms with Crippen molar-refractivity contribution in [2.45, 2.75) is 13.0 Å². The van der Waals surface area contributed by atoms with Gasteiger partial charge in [0.25, 0.3) is 0 Å². The molecule has 8 nitrogen and oxygen atoms in total. The van der Waals surface area contributed by atoms with Crippen LogP contribution in [0.3, 0.4) is 0 Å². The van der Waals surface area contributed by atoms with Crippen molar-refractivity contribution in [3.8, 4) is 11.3 Å². The molecule has 0 radical (unpaired) electrons. The van der Waals surface area contributed by atoms with E-state index < -0.39 is 0 Å². The molecule has 0 aliphatic carbocycles. The quantitative estimate of drug-likeness (QED) is 0.597. The number of rotatable bonds is 4. The molecule has 0 aliphatic rings. The fourth-order valence-corrected chi connectivity index (χ4v) is 2.42. The summed E-state index contributed by atoms with van der Waals surface area (Å²) < 4.78 is 14.8. The summed E-state index contributed by atoms with van der Waals surface area (Å²) in [7, 11) is 0. The van der Waals surface area contributed by atoms with Crippen molar-refractivity contribution in [1.29, 1.82) is 0 Å². The second kappa shape index (κ2) is 5.69. The number of nitrogens with one attached hydrogen (secondary N) is 2. The predicted octanol–water partition coefficient (Wildman–Crippen LogP) is 2.22. The van der Waals surface area contributed by atoms with Crippen LogP contribution in [0.4, 0.5) is 10.2 Å². The molecule has 0 spiro atoms. The maximum Gasteiger partial charge on any atom is 0.196 e. The number of benzene rings is 1. The van der Waals surface area contributed by atoms with E-state index in [1.54, 1.807) is 28.9 Å². The molecule has 0 fully saturated rings. The van der Waals surface area contributed by atoms with E-state index in [1.807, 2.05) is 13.0 Å². The van der Waals surface area contributed by atoms with Crippen LogP contribution in [0, 0.1) is 5.82 Å². The molecule has 120 valence electrons. The fraction of sp³-hybridized carbons (Fsp3) is 0.133. The fourth-order valence-electron chi connectivity index (χ4n) is 2.42. The monoisotopic (exact) mass is 324 g/mol. The van der Waals surface area contributed by atoms with Crippen molar-refractivity contribution in [1.82, 2.24) is 35.2 Å². The van der Waals surface area contributed by atoms with Crippen molar-refractivity contribution >= 4 is 11.5 Å². The zero-order valence-corrected chi connectivity index (χ0v) is 12.7. The minimum atomic E-state index is -0.284. The number of fused-ring (bicyclic) bond motifs is 1. The summed E-state index contributed by atoms with van der Waals surface area (Å²) in [5.41, 5.74) is 2.21. The number of hydrogen-bond acceptors (Lipinski definition) is 6. The van der Waals surface area contributed by atoms with Crippen molar-refractivity contribution in [2.75, 3.05) is 5.32 Å². The van der Waals surface area contributed by atoms with Gasteiger partial charge in [0.05, 0.1) is 17.9 Å². The molecule has 0 unspecified atom stereocenters. The van der Waals surface area contributed by atoms with Crippen LogP contribution in [0.15, 0.2) is 42.6 Å². The Balaban J connectivity index is 1.76. The first kappa shape index (κ1) is 14.2. The SMILES string of the molecule is C[C@H](Nc1cc(-c2ccc(F)cc2)nc2ccnn12)c1nn[nH]n1. The first-order valence-corrected chi connectivity index (χ1v) is 7.31. The average molecular weight is 324 g/mol. The lowest BCUT2D eigenvalue weighted by Gasteiger charge is -2.14. The topological polar surface area (TPSA) is 96.7 Å². The van der Waals surface area contributed by atoms with E-state index >= 15 is 0 Å². The second-order valence-electron chi connectivity index (χ2n) is 5.27. The number of anilines is 1. The molecule has 0 aliphatic heterocycles. The number of nitrogens with zero attached hydrogens (tertiary/aromatic N) is 6. The van der Waals surface area contributed by atoms with E-state index in [1.165, 1.54) is 12.1 Å².